The first-order chi connectivity index (χ1) is 18.5. The van der Waals surface area contributed by atoms with Crippen molar-refractivity contribution >= 4 is 19.8 Å². The molecule has 0 rings (SSSR count). The highest BCUT2D eigenvalue weighted by atomic mass is 31.2. The highest BCUT2D eigenvalue weighted by Crippen LogP contribution is 2.43. The molecule has 2 atom stereocenters. The highest BCUT2D eigenvalue weighted by Gasteiger charge is 2.27. The van der Waals surface area contributed by atoms with Crippen molar-refractivity contribution in [3.63, 3.8) is 0 Å². The maximum Gasteiger partial charge on any atom is 0.472 e. The molecule has 0 heterocycles. The van der Waals surface area contributed by atoms with Crippen molar-refractivity contribution in [2.45, 2.75) is 116 Å². The van der Waals surface area contributed by atoms with Crippen molar-refractivity contribution in [2.24, 2.45) is 0 Å². The zero-order valence-electron chi connectivity index (χ0n) is 25.4. The van der Waals surface area contributed by atoms with Crippen LogP contribution in [0.5, 0.6) is 0 Å². The van der Waals surface area contributed by atoms with Gasteiger partial charge in [0.05, 0.1) is 27.7 Å². The zero-order chi connectivity index (χ0) is 29.4. The molecule has 230 valence electrons. The average molecular weight is 579 g/mol. The van der Waals surface area contributed by atoms with Gasteiger partial charge >= 0.3 is 19.8 Å². The van der Waals surface area contributed by atoms with Crippen LogP contribution in [-0.4, -0.2) is 74.9 Å². The topological polar surface area (TPSA) is 108 Å². The largest absolute Gasteiger partial charge is 0.472 e. The van der Waals surface area contributed by atoms with Gasteiger partial charge in [-0.25, -0.2) is 4.57 Å². The number of hydrogen-bond donors (Lipinski definition) is 1. The lowest BCUT2D eigenvalue weighted by Gasteiger charge is -2.24. The molecule has 1 N–H and O–H groups in total. The molecule has 0 amide bonds. The second kappa shape index (κ2) is 23.5. The number of phosphoric acid groups is 1. The molecule has 0 fully saturated rings. The van der Waals surface area contributed by atoms with Crippen molar-refractivity contribution in [1.29, 1.82) is 0 Å². The van der Waals surface area contributed by atoms with E-state index in [-0.39, 0.29) is 32.0 Å². The van der Waals surface area contributed by atoms with Gasteiger partial charge in [-0.05, 0) is 32.1 Å². The summed E-state index contributed by atoms with van der Waals surface area (Å²) in [5.74, 6) is -0.827. The Bertz CT molecular complexity index is 708. The molecule has 0 saturated carbocycles. The van der Waals surface area contributed by atoms with E-state index >= 15 is 0 Å². The first kappa shape index (κ1) is 37.8. The molecule has 0 spiro atoms. The number of hydrogen-bond acceptors (Lipinski definition) is 7. The molecule has 9 nitrogen and oxygen atoms in total. The number of unbranched alkanes of at least 4 members (excludes halogenated alkanes) is 10. The number of phosphoric ester groups is 1. The summed E-state index contributed by atoms with van der Waals surface area (Å²) in [5, 5.41) is 0. The van der Waals surface area contributed by atoms with Crippen LogP contribution in [0, 0.1) is 0 Å². The van der Waals surface area contributed by atoms with Crippen molar-refractivity contribution < 1.29 is 42.1 Å². The molecule has 0 aromatic carbocycles. The van der Waals surface area contributed by atoms with Crippen molar-refractivity contribution in [1.82, 2.24) is 0 Å². The van der Waals surface area contributed by atoms with Gasteiger partial charge in [0.2, 0.25) is 0 Å². The number of carbonyl (C=O) groups is 2. The van der Waals surface area contributed by atoms with Crippen LogP contribution in [0.25, 0.3) is 0 Å². The van der Waals surface area contributed by atoms with Crippen molar-refractivity contribution in [3.8, 4) is 0 Å². The molecule has 0 bridgehead atoms. The quantitative estimate of drug-likeness (QED) is 0.0396. The Morgan fingerprint density at radius 2 is 1.38 bits per heavy atom. The fourth-order valence-electron chi connectivity index (χ4n) is 3.66. The molecule has 1 unspecified atom stereocenters. The first-order valence-electron chi connectivity index (χ1n) is 14.9. The van der Waals surface area contributed by atoms with Crippen LogP contribution in [-0.2, 0) is 32.7 Å². The molecule has 0 aromatic heterocycles. The summed E-state index contributed by atoms with van der Waals surface area (Å²) in [7, 11) is 1.47. The smallest absolute Gasteiger partial charge is 0.462 e. The monoisotopic (exact) mass is 578 g/mol. The number of allylic oxidation sites excluding steroid dienone is 2. The minimum absolute atomic E-state index is 0.0319. The summed E-state index contributed by atoms with van der Waals surface area (Å²) in [4.78, 5) is 34.6. The summed E-state index contributed by atoms with van der Waals surface area (Å²) < 4.78 is 33.7. The summed E-state index contributed by atoms with van der Waals surface area (Å²) in [6.07, 6.45) is 17.3. The number of rotatable bonds is 26. The van der Waals surface area contributed by atoms with E-state index in [1.165, 1.54) is 6.42 Å². The van der Waals surface area contributed by atoms with Gasteiger partial charge in [-0.15, -0.1) is 0 Å². The molecule has 39 heavy (non-hydrogen) atoms. The first-order valence-corrected chi connectivity index (χ1v) is 16.4. The highest BCUT2D eigenvalue weighted by molar-refractivity contribution is 7.47. The lowest BCUT2D eigenvalue weighted by atomic mass is 10.1. The van der Waals surface area contributed by atoms with Gasteiger partial charge in [-0.2, -0.15) is 0 Å². The second-order valence-electron chi connectivity index (χ2n) is 11.1. The van der Waals surface area contributed by atoms with Gasteiger partial charge in [0, 0.05) is 12.8 Å². The van der Waals surface area contributed by atoms with Gasteiger partial charge in [0.25, 0.3) is 0 Å². The van der Waals surface area contributed by atoms with Gasteiger partial charge in [-0.3, -0.25) is 18.6 Å². The van der Waals surface area contributed by atoms with E-state index in [4.69, 9.17) is 18.5 Å². The Morgan fingerprint density at radius 3 is 2.00 bits per heavy atom. The van der Waals surface area contributed by atoms with Crippen LogP contribution >= 0.6 is 7.82 Å². The molecule has 0 aliphatic carbocycles. The number of quaternary nitrogens is 1. The summed E-state index contributed by atoms with van der Waals surface area (Å²) in [6.45, 7) is 4.19. The number of nitrogens with zero attached hydrogens (tertiary/aromatic N) is 1. The maximum absolute atomic E-state index is 12.4. The Labute approximate surface area is 237 Å². The summed E-state index contributed by atoms with van der Waals surface area (Å²) in [5.41, 5.74) is 0. The SMILES string of the molecule is CC/C=C/CCCCCCCC(=O)OC[C@H](COP(=O)(O)OCC[N+](C)(C)C)OC(=O)CCCCCCCC. The lowest BCUT2D eigenvalue weighted by Crippen LogP contribution is -2.37. The van der Waals surface area contributed by atoms with Crippen LogP contribution in [0.1, 0.15) is 110 Å². The average Bonchev–Trinajstić information content (AvgIpc) is 2.85. The molecular weight excluding hydrogens is 521 g/mol. The van der Waals surface area contributed by atoms with Crippen LogP contribution in [0.2, 0.25) is 0 Å². The van der Waals surface area contributed by atoms with Crippen molar-refractivity contribution in [2.75, 3.05) is 47.5 Å². The van der Waals surface area contributed by atoms with E-state index in [2.05, 4.69) is 26.0 Å². The molecule has 0 aliphatic heterocycles. The predicted octanol–water partition coefficient (Wildman–Crippen LogP) is 6.73. The van der Waals surface area contributed by atoms with Gasteiger partial charge in [-0.1, -0.05) is 77.4 Å². The minimum Gasteiger partial charge on any atom is -0.462 e. The Hall–Kier alpha value is -1.25. The van der Waals surface area contributed by atoms with Crippen LogP contribution < -0.4 is 0 Å². The van der Waals surface area contributed by atoms with E-state index in [1.807, 2.05) is 21.1 Å². The van der Waals surface area contributed by atoms with Gasteiger partial charge < -0.3 is 18.9 Å². The maximum atomic E-state index is 12.4. The van der Waals surface area contributed by atoms with Crippen LogP contribution in [0.15, 0.2) is 12.2 Å². The van der Waals surface area contributed by atoms with Gasteiger partial charge in [0.15, 0.2) is 6.10 Å². The van der Waals surface area contributed by atoms with Crippen molar-refractivity contribution in [3.05, 3.63) is 12.2 Å². The van der Waals surface area contributed by atoms with E-state index < -0.39 is 26.5 Å². The Kier molecular flexibility index (Phi) is 22.7. The van der Waals surface area contributed by atoms with E-state index in [1.54, 1.807) is 0 Å². The number of ether oxygens (including phenoxy) is 2. The van der Waals surface area contributed by atoms with E-state index in [0.29, 0.717) is 17.4 Å². The lowest BCUT2D eigenvalue weighted by molar-refractivity contribution is -0.870. The van der Waals surface area contributed by atoms with Crippen LogP contribution in [0.4, 0.5) is 0 Å². The number of likely N-dealkylation sites (N-methyl/N-ethyl adjacent to an activating group) is 1. The van der Waals surface area contributed by atoms with E-state index in [0.717, 1.165) is 70.6 Å². The van der Waals surface area contributed by atoms with E-state index in [9.17, 15) is 19.0 Å². The molecule has 0 aromatic rings. The molecule has 0 radical (unpaired) electrons. The fraction of sp³-hybridized carbons (Fsp3) is 0.862. The number of carbonyl (C=O) groups excluding carboxylic acids is 2. The third-order valence-electron chi connectivity index (χ3n) is 6.06. The zero-order valence-corrected chi connectivity index (χ0v) is 26.3. The fourth-order valence-corrected chi connectivity index (χ4v) is 4.40. The third-order valence-corrected chi connectivity index (χ3v) is 7.04. The standard InChI is InChI=1S/C29H56NO8P/c1-6-8-10-12-14-15-16-18-19-21-28(31)35-25-27(38-29(32)22-20-17-13-11-9-7-2)26-37-39(33,34)36-24-23-30(3,4)5/h8,10,27H,6-7,9,11-26H2,1-5H3/p+1/b10-8+/t27-/m1/s1. The molecule has 0 aliphatic rings. The Morgan fingerprint density at radius 1 is 0.795 bits per heavy atom. The molecule has 0 saturated heterocycles. The Balaban J connectivity index is 4.55. The molecular formula is C29H57NO8P+. The second-order valence-corrected chi connectivity index (χ2v) is 12.6. The summed E-state index contributed by atoms with van der Waals surface area (Å²) >= 11 is 0. The predicted molar refractivity (Wildman–Crippen MR) is 155 cm³/mol. The summed E-state index contributed by atoms with van der Waals surface area (Å²) in [6, 6.07) is 0. The normalized spacial score (nSPS) is 14.3. The third kappa shape index (κ3) is 26.7. The number of esters is 2. The minimum atomic E-state index is -4.34. The van der Waals surface area contributed by atoms with Crippen LogP contribution in [0.3, 0.4) is 0 Å². The molecule has 10 heteroatoms. The van der Waals surface area contributed by atoms with Gasteiger partial charge in [0.1, 0.15) is 19.8 Å².